The van der Waals surface area contributed by atoms with E-state index in [1.165, 1.54) is 5.56 Å². The molecule has 0 radical (unpaired) electrons. The van der Waals surface area contributed by atoms with Gasteiger partial charge < -0.3 is 14.5 Å². The van der Waals surface area contributed by atoms with Crippen LogP contribution in [0, 0.1) is 12.8 Å². The van der Waals surface area contributed by atoms with E-state index >= 15 is 0 Å². The van der Waals surface area contributed by atoms with Crippen molar-refractivity contribution in [2.45, 2.75) is 77.8 Å². The Kier molecular flexibility index (Phi) is 7.27. The van der Waals surface area contributed by atoms with E-state index in [0.717, 1.165) is 67.7 Å². The minimum absolute atomic E-state index is 0.0554. The van der Waals surface area contributed by atoms with Crippen molar-refractivity contribution in [3.63, 3.8) is 0 Å². The Hall–Kier alpha value is -2.62. The van der Waals surface area contributed by atoms with Crippen molar-refractivity contribution in [3.8, 4) is 0 Å². The van der Waals surface area contributed by atoms with E-state index in [-0.39, 0.29) is 29.7 Å². The van der Waals surface area contributed by atoms with Crippen LogP contribution in [-0.2, 0) is 22.6 Å². The number of hydrogen-bond acceptors (Lipinski definition) is 7. The fourth-order valence-corrected chi connectivity index (χ4v) is 5.45. The van der Waals surface area contributed by atoms with Crippen LogP contribution in [0.5, 0.6) is 0 Å². The van der Waals surface area contributed by atoms with Gasteiger partial charge in [0.2, 0.25) is 0 Å². The Morgan fingerprint density at radius 1 is 1.14 bits per heavy atom. The summed E-state index contributed by atoms with van der Waals surface area (Å²) < 4.78 is 13.8. The number of aryl methyl sites for hydroxylation is 1. The Bertz CT molecular complexity index is 1190. The molecule has 3 unspecified atom stereocenters. The normalized spacial score (nSPS) is 21.5. The number of nitrogens with one attached hydrogen (secondary N) is 1. The minimum atomic E-state index is -0.0665. The molecule has 0 saturated carbocycles. The summed E-state index contributed by atoms with van der Waals surface area (Å²) in [6, 6.07) is 8.06. The first-order chi connectivity index (χ1) is 17.0. The van der Waals surface area contributed by atoms with Crippen LogP contribution >= 0.6 is 0 Å². The lowest BCUT2D eigenvalue weighted by molar-refractivity contribution is 0.0365. The zero-order valence-corrected chi connectivity index (χ0v) is 20.9. The average Bonchev–Trinajstić information content (AvgIpc) is 3.59. The van der Waals surface area contributed by atoms with Crippen molar-refractivity contribution in [2.24, 2.45) is 5.92 Å². The van der Waals surface area contributed by atoms with E-state index in [1.54, 1.807) is 0 Å². The Balaban J connectivity index is 1.49. The monoisotopic (exact) mass is 480 g/mol. The molecule has 3 atom stereocenters. The van der Waals surface area contributed by atoms with Crippen molar-refractivity contribution in [1.29, 1.82) is 0 Å². The van der Waals surface area contributed by atoms with Gasteiger partial charge in [0.25, 0.3) is 5.56 Å². The third kappa shape index (κ3) is 5.47. The van der Waals surface area contributed by atoms with Crippen LogP contribution < -0.4 is 5.56 Å². The number of nitrogens with zero attached hydrogens (tertiary/aromatic N) is 5. The molecule has 0 spiro atoms. The zero-order chi connectivity index (χ0) is 24.4. The third-order valence-corrected chi connectivity index (χ3v) is 7.16. The first-order valence-electron chi connectivity index (χ1n) is 12.8. The fraction of sp³-hybridized carbons (Fsp3) is 0.615. The molecule has 0 amide bonds. The molecule has 2 aliphatic heterocycles. The molecule has 9 nitrogen and oxygen atoms in total. The van der Waals surface area contributed by atoms with Gasteiger partial charge in [-0.05, 0) is 72.5 Å². The molecule has 3 aromatic rings. The number of tetrazole rings is 1. The summed E-state index contributed by atoms with van der Waals surface area (Å²) in [5.74, 6) is 1.05. The topological polar surface area (TPSA) is 98.2 Å². The molecule has 188 valence electrons. The first kappa shape index (κ1) is 24.1. The van der Waals surface area contributed by atoms with Crippen molar-refractivity contribution in [2.75, 3.05) is 19.8 Å². The van der Waals surface area contributed by atoms with Gasteiger partial charge >= 0.3 is 0 Å². The molecule has 2 saturated heterocycles. The molecule has 2 aromatic heterocycles. The van der Waals surface area contributed by atoms with E-state index in [2.05, 4.69) is 52.2 Å². The predicted molar refractivity (Wildman–Crippen MR) is 133 cm³/mol. The summed E-state index contributed by atoms with van der Waals surface area (Å²) in [6.45, 7) is 9.89. The lowest BCUT2D eigenvalue weighted by Crippen LogP contribution is -2.40. The van der Waals surface area contributed by atoms with Gasteiger partial charge in [0, 0.05) is 37.4 Å². The molecule has 2 fully saturated rings. The number of rotatable bonds is 9. The standard InChI is InChI=1S/C26H36N6O3/c1-17(2)24(25-28-29-30-32(25)16-22-7-5-11-35-22)31(15-21-6-4-10-34-21)14-20-13-19-12-18(3)8-9-23(19)27-26(20)33/h8-9,12-13,17,21-22,24H,4-7,10-11,14-16H2,1-3H3,(H,27,33). The Labute approximate surface area is 205 Å². The van der Waals surface area contributed by atoms with Crippen LogP contribution in [0.2, 0.25) is 0 Å². The highest BCUT2D eigenvalue weighted by Gasteiger charge is 2.33. The number of benzene rings is 1. The maximum Gasteiger partial charge on any atom is 0.252 e. The quantitative estimate of drug-likeness (QED) is 0.501. The second-order valence-corrected chi connectivity index (χ2v) is 10.3. The predicted octanol–water partition coefficient (Wildman–Crippen LogP) is 3.38. The maximum absolute atomic E-state index is 13.1. The zero-order valence-electron chi connectivity index (χ0n) is 20.9. The second-order valence-electron chi connectivity index (χ2n) is 10.3. The van der Waals surface area contributed by atoms with Crippen LogP contribution in [0.15, 0.2) is 29.1 Å². The van der Waals surface area contributed by atoms with Crippen LogP contribution in [-0.4, -0.2) is 62.1 Å². The second kappa shape index (κ2) is 10.6. The summed E-state index contributed by atoms with van der Waals surface area (Å²) in [4.78, 5) is 18.5. The van der Waals surface area contributed by atoms with E-state index in [4.69, 9.17) is 9.47 Å². The molecule has 1 N–H and O–H groups in total. The van der Waals surface area contributed by atoms with Gasteiger partial charge in [-0.3, -0.25) is 9.69 Å². The average molecular weight is 481 g/mol. The number of H-pyrrole nitrogens is 1. The number of aromatic amines is 1. The Morgan fingerprint density at radius 3 is 2.63 bits per heavy atom. The van der Waals surface area contributed by atoms with Gasteiger partial charge in [-0.25, -0.2) is 4.68 Å². The van der Waals surface area contributed by atoms with Gasteiger partial charge in [0.1, 0.15) is 0 Å². The summed E-state index contributed by atoms with van der Waals surface area (Å²) in [5.41, 5.74) is 2.71. The molecular weight excluding hydrogens is 444 g/mol. The van der Waals surface area contributed by atoms with E-state index in [1.807, 2.05) is 22.9 Å². The van der Waals surface area contributed by atoms with Crippen LogP contribution in [0.25, 0.3) is 10.9 Å². The molecule has 9 heteroatoms. The van der Waals surface area contributed by atoms with Crippen LogP contribution in [0.1, 0.15) is 62.5 Å². The van der Waals surface area contributed by atoms with Crippen molar-refractivity contribution < 1.29 is 9.47 Å². The summed E-state index contributed by atoms with van der Waals surface area (Å²) >= 11 is 0. The van der Waals surface area contributed by atoms with E-state index in [0.29, 0.717) is 13.1 Å². The highest BCUT2D eigenvalue weighted by Crippen LogP contribution is 2.31. The highest BCUT2D eigenvalue weighted by atomic mass is 16.5. The van der Waals surface area contributed by atoms with Gasteiger partial charge in [-0.1, -0.05) is 25.5 Å². The highest BCUT2D eigenvalue weighted by molar-refractivity contribution is 5.79. The third-order valence-electron chi connectivity index (χ3n) is 7.16. The summed E-state index contributed by atoms with van der Waals surface area (Å²) in [7, 11) is 0. The van der Waals surface area contributed by atoms with Crippen molar-refractivity contribution in [3.05, 3.63) is 51.6 Å². The largest absolute Gasteiger partial charge is 0.377 e. The van der Waals surface area contributed by atoms with Gasteiger partial charge in [0.15, 0.2) is 5.82 Å². The lowest BCUT2D eigenvalue weighted by atomic mass is 9.99. The maximum atomic E-state index is 13.1. The molecule has 35 heavy (non-hydrogen) atoms. The van der Waals surface area contributed by atoms with Crippen LogP contribution in [0.4, 0.5) is 0 Å². The number of aromatic nitrogens is 5. The van der Waals surface area contributed by atoms with Gasteiger partial charge in [-0.15, -0.1) is 5.10 Å². The Morgan fingerprint density at radius 2 is 1.91 bits per heavy atom. The van der Waals surface area contributed by atoms with Gasteiger partial charge in [-0.2, -0.15) is 0 Å². The molecule has 0 bridgehead atoms. The number of fused-ring (bicyclic) bond motifs is 1. The van der Waals surface area contributed by atoms with Crippen molar-refractivity contribution in [1.82, 2.24) is 30.1 Å². The van der Waals surface area contributed by atoms with E-state index in [9.17, 15) is 4.79 Å². The molecule has 1 aromatic carbocycles. The number of ether oxygens (including phenoxy) is 2. The van der Waals surface area contributed by atoms with E-state index < -0.39 is 0 Å². The minimum Gasteiger partial charge on any atom is -0.377 e. The number of hydrogen-bond donors (Lipinski definition) is 1. The SMILES string of the molecule is Cc1ccc2[nH]c(=O)c(CN(CC3CCCO3)C(c3nnnn3CC3CCCO3)C(C)C)cc2c1. The first-order valence-corrected chi connectivity index (χ1v) is 12.8. The van der Waals surface area contributed by atoms with Gasteiger partial charge in [0.05, 0.1) is 24.8 Å². The molecule has 2 aliphatic rings. The smallest absolute Gasteiger partial charge is 0.252 e. The molecule has 4 heterocycles. The number of pyridine rings is 1. The summed E-state index contributed by atoms with van der Waals surface area (Å²) in [5, 5.41) is 13.9. The van der Waals surface area contributed by atoms with Crippen LogP contribution in [0.3, 0.4) is 0 Å². The summed E-state index contributed by atoms with van der Waals surface area (Å²) in [6.07, 6.45) is 4.47. The van der Waals surface area contributed by atoms with Crippen molar-refractivity contribution >= 4 is 10.9 Å². The molecular formula is C26H36N6O3. The molecule has 5 rings (SSSR count). The lowest BCUT2D eigenvalue weighted by Gasteiger charge is -2.35. The molecule has 0 aliphatic carbocycles. The fourth-order valence-electron chi connectivity index (χ4n) is 5.45.